The molecule has 0 aliphatic carbocycles. The van der Waals surface area contributed by atoms with Crippen LogP contribution < -0.4 is 10.2 Å². The SMILES string of the molecule is O=[N+]([O-])c1ccn(COc2ccc(C=NNc3ccccc3)cc2)n1. The minimum atomic E-state index is -0.548. The normalized spacial score (nSPS) is 10.7. The molecule has 3 rings (SSSR count). The Kier molecular flexibility index (Phi) is 5.01. The van der Waals surface area contributed by atoms with Crippen molar-refractivity contribution in [2.24, 2.45) is 5.10 Å². The van der Waals surface area contributed by atoms with E-state index >= 15 is 0 Å². The van der Waals surface area contributed by atoms with Crippen LogP contribution in [0.4, 0.5) is 11.5 Å². The second-order valence-electron chi connectivity index (χ2n) is 5.05. The third kappa shape index (κ3) is 4.64. The Labute approximate surface area is 143 Å². The number of nitrogens with zero attached hydrogens (tertiary/aromatic N) is 4. The third-order valence-corrected chi connectivity index (χ3v) is 3.24. The summed E-state index contributed by atoms with van der Waals surface area (Å²) in [5.41, 5.74) is 4.75. The van der Waals surface area contributed by atoms with E-state index in [9.17, 15) is 10.1 Å². The highest BCUT2D eigenvalue weighted by atomic mass is 16.6. The van der Waals surface area contributed by atoms with E-state index in [1.54, 1.807) is 18.3 Å². The van der Waals surface area contributed by atoms with Crippen LogP contribution in [0, 0.1) is 10.1 Å². The summed E-state index contributed by atoms with van der Waals surface area (Å²) in [7, 11) is 0. The number of hydrogen-bond donors (Lipinski definition) is 1. The van der Waals surface area contributed by atoms with E-state index in [1.165, 1.54) is 16.9 Å². The molecule has 0 bridgehead atoms. The molecule has 8 heteroatoms. The van der Waals surface area contributed by atoms with Gasteiger partial charge in [-0.1, -0.05) is 18.2 Å². The zero-order valence-corrected chi connectivity index (χ0v) is 13.1. The Morgan fingerprint density at radius 3 is 2.60 bits per heavy atom. The number of anilines is 1. The number of benzene rings is 2. The van der Waals surface area contributed by atoms with Gasteiger partial charge in [0, 0.05) is 0 Å². The second kappa shape index (κ2) is 7.73. The minimum Gasteiger partial charge on any atom is -0.469 e. The molecule has 126 valence electrons. The Hall–Kier alpha value is -3.68. The molecule has 0 atom stereocenters. The van der Waals surface area contributed by atoms with E-state index in [2.05, 4.69) is 15.6 Å². The Morgan fingerprint density at radius 2 is 1.92 bits per heavy atom. The van der Waals surface area contributed by atoms with Crippen LogP contribution in [0.25, 0.3) is 0 Å². The average molecular weight is 337 g/mol. The van der Waals surface area contributed by atoms with Gasteiger partial charge < -0.3 is 14.9 Å². The van der Waals surface area contributed by atoms with Gasteiger partial charge in [-0.15, -0.1) is 4.68 Å². The van der Waals surface area contributed by atoms with Crippen molar-refractivity contribution in [1.29, 1.82) is 0 Å². The molecule has 0 spiro atoms. The molecule has 1 N–H and O–H groups in total. The lowest BCUT2D eigenvalue weighted by Crippen LogP contribution is -2.06. The molecule has 0 radical (unpaired) electrons. The van der Waals surface area contributed by atoms with Crippen LogP contribution in [-0.4, -0.2) is 20.9 Å². The quantitative estimate of drug-likeness (QED) is 0.405. The molecule has 1 heterocycles. The molecule has 0 aliphatic heterocycles. The van der Waals surface area contributed by atoms with Crippen molar-refractivity contribution < 1.29 is 9.66 Å². The Balaban J connectivity index is 1.52. The van der Waals surface area contributed by atoms with Gasteiger partial charge in [0.2, 0.25) is 6.73 Å². The molecule has 3 aromatic rings. The van der Waals surface area contributed by atoms with Crippen molar-refractivity contribution in [2.45, 2.75) is 6.73 Å². The van der Waals surface area contributed by atoms with E-state index in [-0.39, 0.29) is 12.5 Å². The van der Waals surface area contributed by atoms with Crippen LogP contribution in [0.15, 0.2) is 72.0 Å². The van der Waals surface area contributed by atoms with Gasteiger partial charge in [-0.05, 0) is 46.9 Å². The molecule has 0 amide bonds. The highest BCUT2D eigenvalue weighted by molar-refractivity contribution is 5.80. The minimum absolute atomic E-state index is 0.0941. The zero-order valence-electron chi connectivity index (χ0n) is 13.1. The maximum atomic E-state index is 10.6. The molecular formula is C17H15N5O3. The molecule has 0 aliphatic rings. The van der Waals surface area contributed by atoms with Gasteiger partial charge in [0.05, 0.1) is 29.3 Å². The summed E-state index contributed by atoms with van der Waals surface area (Å²) in [4.78, 5) is 10.0. The highest BCUT2D eigenvalue weighted by Gasteiger charge is 2.10. The first-order valence-corrected chi connectivity index (χ1v) is 7.45. The number of aromatic nitrogens is 2. The van der Waals surface area contributed by atoms with Gasteiger partial charge in [-0.3, -0.25) is 5.43 Å². The van der Waals surface area contributed by atoms with Gasteiger partial charge in [0.25, 0.3) is 0 Å². The van der Waals surface area contributed by atoms with Crippen LogP contribution in [0.2, 0.25) is 0 Å². The fourth-order valence-corrected chi connectivity index (χ4v) is 2.01. The lowest BCUT2D eigenvalue weighted by atomic mass is 10.2. The molecule has 1 aromatic heterocycles. The van der Waals surface area contributed by atoms with Gasteiger partial charge >= 0.3 is 5.82 Å². The zero-order chi connectivity index (χ0) is 17.5. The standard InChI is InChI=1S/C17H15N5O3/c23-22(24)17-10-11-21(20-17)13-25-16-8-6-14(7-9-16)12-18-19-15-4-2-1-3-5-15/h1-12,19H,13H2. The number of ether oxygens (including phenoxy) is 1. The number of nitrogens with one attached hydrogen (secondary N) is 1. The number of rotatable bonds is 7. The van der Waals surface area contributed by atoms with Crippen LogP contribution in [0.5, 0.6) is 5.75 Å². The lowest BCUT2D eigenvalue weighted by molar-refractivity contribution is -0.389. The van der Waals surface area contributed by atoms with E-state index in [0.29, 0.717) is 5.75 Å². The molecular weight excluding hydrogens is 322 g/mol. The highest BCUT2D eigenvalue weighted by Crippen LogP contribution is 2.13. The first kappa shape index (κ1) is 16.2. The van der Waals surface area contributed by atoms with Crippen LogP contribution in [0.1, 0.15) is 5.56 Å². The van der Waals surface area contributed by atoms with Gasteiger partial charge in [0.15, 0.2) is 0 Å². The summed E-state index contributed by atoms with van der Waals surface area (Å²) in [5.74, 6) is 0.424. The van der Waals surface area contributed by atoms with Crippen LogP contribution >= 0.6 is 0 Å². The molecule has 0 unspecified atom stereocenters. The fraction of sp³-hybridized carbons (Fsp3) is 0.0588. The monoisotopic (exact) mass is 337 g/mol. The Morgan fingerprint density at radius 1 is 1.16 bits per heavy atom. The van der Waals surface area contributed by atoms with Crippen molar-refractivity contribution in [3.05, 3.63) is 82.5 Å². The van der Waals surface area contributed by atoms with E-state index < -0.39 is 4.92 Å². The van der Waals surface area contributed by atoms with Crippen molar-refractivity contribution >= 4 is 17.7 Å². The summed E-state index contributed by atoms with van der Waals surface area (Å²) < 4.78 is 6.89. The van der Waals surface area contributed by atoms with Gasteiger partial charge in [-0.2, -0.15) is 5.10 Å². The fourth-order valence-electron chi connectivity index (χ4n) is 2.01. The number of nitro groups is 1. The maximum absolute atomic E-state index is 10.6. The molecule has 0 fully saturated rings. The summed E-state index contributed by atoms with van der Waals surface area (Å²) >= 11 is 0. The molecule has 2 aromatic carbocycles. The number of hydrazone groups is 1. The van der Waals surface area contributed by atoms with Gasteiger partial charge in [0.1, 0.15) is 5.75 Å². The van der Waals surface area contributed by atoms with E-state index in [4.69, 9.17) is 4.74 Å². The molecule has 0 saturated carbocycles. The molecule has 8 nitrogen and oxygen atoms in total. The Bertz CT molecular complexity index is 860. The number of hydrogen-bond acceptors (Lipinski definition) is 6. The topological polar surface area (TPSA) is 94.6 Å². The second-order valence-corrected chi connectivity index (χ2v) is 5.05. The van der Waals surface area contributed by atoms with E-state index in [1.807, 2.05) is 42.5 Å². The first-order valence-electron chi connectivity index (χ1n) is 7.45. The van der Waals surface area contributed by atoms with Gasteiger partial charge in [-0.25, -0.2) is 0 Å². The smallest absolute Gasteiger partial charge is 0.390 e. The predicted octanol–water partition coefficient (Wildman–Crippen LogP) is 3.27. The maximum Gasteiger partial charge on any atom is 0.390 e. The van der Waals surface area contributed by atoms with Crippen molar-refractivity contribution in [3.63, 3.8) is 0 Å². The molecule has 25 heavy (non-hydrogen) atoms. The summed E-state index contributed by atoms with van der Waals surface area (Å²) in [6, 6.07) is 18.3. The summed E-state index contributed by atoms with van der Waals surface area (Å²) in [5, 5.41) is 18.5. The largest absolute Gasteiger partial charge is 0.469 e. The summed E-state index contributed by atoms with van der Waals surface area (Å²) in [6.07, 6.45) is 3.20. The first-order chi connectivity index (χ1) is 12.2. The van der Waals surface area contributed by atoms with Crippen LogP contribution in [-0.2, 0) is 6.73 Å². The number of para-hydroxylation sites is 1. The lowest BCUT2D eigenvalue weighted by Gasteiger charge is -2.04. The average Bonchev–Trinajstić information content (AvgIpc) is 3.11. The van der Waals surface area contributed by atoms with E-state index in [0.717, 1.165) is 11.3 Å². The summed E-state index contributed by atoms with van der Waals surface area (Å²) in [6.45, 7) is 0.0941. The van der Waals surface area contributed by atoms with Crippen molar-refractivity contribution in [3.8, 4) is 5.75 Å². The third-order valence-electron chi connectivity index (χ3n) is 3.24. The van der Waals surface area contributed by atoms with Crippen molar-refractivity contribution in [2.75, 3.05) is 5.43 Å². The van der Waals surface area contributed by atoms with Crippen molar-refractivity contribution in [1.82, 2.24) is 9.78 Å². The predicted molar refractivity (Wildman–Crippen MR) is 93.6 cm³/mol. The van der Waals surface area contributed by atoms with Crippen LogP contribution in [0.3, 0.4) is 0 Å². The molecule has 0 saturated heterocycles.